The van der Waals surface area contributed by atoms with E-state index >= 15 is 0 Å². The fourth-order valence-electron chi connectivity index (χ4n) is 7.09. The van der Waals surface area contributed by atoms with Crippen molar-refractivity contribution >= 4 is 23.3 Å². The molecule has 242 valence electrons. The molecule has 4 aromatic carbocycles. The van der Waals surface area contributed by atoms with Crippen LogP contribution in [-0.2, 0) is 20.4 Å². The average molecular weight is 645 g/mol. The van der Waals surface area contributed by atoms with Crippen molar-refractivity contribution in [2.24, 2.45) is 21.7 Å². The Labute approximate surface area is 278 Å². The van der Waals surface area contributed by atoms with E-state index in [0.717, 1.165) is 0 Å². The first-order valence-electron chi connectivity index (χ1n) is 15.7. The SMILES string of the molecule is [H]/N=N/C1=C(N)c2ccccc2C(C(=O)O)(c2ccc(-c3ccc(C4(C(=O)O)CC(/N=N/[H])=C(N)c5ccccc54)c(OC)c3)cc2OC)C1. The first kappa shape index (κ1) is 29.1. The predicted molar refractivity (Wildman–Crippen MR) is 176 cm³/mol. The maximum absolute atomic E-state index is 13.3. The molecule has 2 atom stereocenters. The monoisotopic (exact) mass is 644 g/mol. The number of benzene rings is 4. The summed E-state index contributed by atoms with van der Waals surface area (Å²) in [7, 11) is 2.88. The summed E-state index contributed by atoms with van der Waals surface area (Å²) in [5.41, 5.74) is 20.2. The van der Waals surface area contributed by atoms with Crippen molar-refractivity contribution in [2.45, 2.75) is 23.7 Å². The first-order valence-corrected chi connectivity index (χ1v) is 14.8. The van der Waals surface area contributed by atoms with Gasteiger partial charge in [-0.25, -0.2) is 11.0 Å². The molecular weight excluding hydrogens is 612 g/mol. The summed E-state index contributed by atoms with van der Waals surface area (Å²) in [6.07, 6.45) is -0.351. The number of nitrogens with two attached hydrogens (primary N) is 2. The van der Waals surface area contributed by atoms with Crippen LogP contribution < -0.4 is 20.9 Å². The average Bonchev–Trinajstić information content (AvgIpc) is 3.13. The summed E-state index contributed by atoms with van der Waals surface area (Å²) in [5, 5.41) is 29.4. The second-order valence-corrected chi connectivity index (χ2v) is 11.6. The number of aliphatic carboxylic acids is 2. The molecule has 0 radical (unpaired) electrons. The number of ether oxygens (including phenoxy) is 2. The zero-order valence-corrected chi connectivity index (χ0v) is 26.0. The summed E-state index contributed by atoms with van der Waals surface area (Å²) >= 11 is 0. The quantitative estimate of drug-likeness (QED) is 0.114. The smallest absolute Gasteiger partial charge is 0.319 e. The maximum atomic E-state index is 13.3. The van der Waals surface area contributed by atoms with Gasteiger partial charge in [-0.1, -0.05) is 72.8 Å². The number of allylic oxidation sites excluding steroid dienone is 2. The van der Waals surface area contributed by atoms with E-state index in [2.05, 4.69) is 21.3 Å². The van der Waals surface area contributed by atoms with Crippen molar-refractivity contribution in [3.63, 3.8) is 0 Å². The van der Waals surface area contributed by atoms with Crippen molar-refractivity contribution in [1.29, 1.82) is 11.0 Å². The minimum Gasteiger partial charge on any atom is -0.496 e. The number of hydrogen-bond donors (Lipinski definition) is 6. The van der Waals surface area contributed by atoms with Gasteiger partial charge in [-0.2, -0.15) is 10.2 Å². The highest BCUT2D eigenvalue weighted by molar-refractivity contribution is 5.94. The Morgan fingerprint density at radius 3 is 1.44 bits per heavy atom. The van der Waals surface area contributed by atoms with Gasteiger partial charge >= 0.3 is 11.9 Å². The molecular formula is C36H32N6O6. The first-order chi connectivity index (χ1) is 24.1. The largest absolute Gasteiger partial charge is 0.496 e. The Balaban J connectivity index is 1.51. The van der Waals surface area contributed by atoms with E-state index in [1.165, 1.54) is 14.2 Å². The highest BCUT2D eigenvalue weighted by Gasteiger charge is 2.51. The lowest BCUT2D eigenvalue weighted by atomic mass is 9.65. The molecule has 0 amide bonds. The fourth-order valence-corrected chi connectivity index (χ4v) is 7.09. The Morgan fingerprint density at radius 1 is 0.688 bits per heavy atom. The van der Waals surface area contributed by atoms with Crippen LogP contribution in [0.3, 0.4) is 0 Å². The van der Waals surface area contributed by atoms with Crippen molar-refractivity contribution in [2.75, 3.05) is 14.2 Å². The molecule has 4 aromatic rings. The minimum absolute atomic E-state index is 0.160. The standard InChI is InChI=1S/C36H32N6O6/c1-47-29-15-19(11-13-25(29)35(33(43)44)17-27(41-39)31(37)21-7-3-5-9-23(21)35)20-12-14-26(30(16-20)48-2)36(34(45)46)18-28(42-40)32(38)22-8-4-6-10-24(22)36/h3-16,39-40H,17-18,37-38H2,1-2H3,(H,43,44)(H,45,46)/b41-39+,42-40+. The van der Waals surface area contributed by atoms with Gasteiger partial charge in [-0.15, -0.1) is 0 Å². The van der Waals surface area contributed by atoms with Gasteiger partial charge < -0.3 is 31.2 Å². The number of rotatable bonds is 9. The predicted octanol–water partition coefficient (Wildman–Crippen LogP) is 6.24. The third kappa shape index (κ3) is 4.44. The number of carboxylic acids is 2. The third-order valence-corrected chi connectivity index (χ3v) is 9.47. The summed E-state index contributed by atoms with van der Waals surface area (Å²) in [6.45, 7) is 0. The number of carbonyl (C=O) groups is 2. The summed E-state index contributed by atoms with van der Waals surface area (Å²) in [5.74, 6) is -1.81. The number of methoxy groups -OCH3 is 2. The zero-order valence-electron chi connectivity index (χ0n) is 28.0. The number of fused-ring (bicyclic) bond motifs is 2. The number of carboxylic acid groups (broad SMARTS) is 2. The lowest BCUT2D eigenvalue weighted by Gasteiger charge is -2.37. The van der Waals surface area contributed by atoms with Crippen LogP contribution in [-0.4, -0.2) is 36.4 Å². The molecule has 0 saturated carbocycles. The van der Waals surface area contributed by atoms with Crippen LogP contribution in [0.1, 0.15) is 46.2 Å². The van der Waals surface area contributed by atoms with Crippen LogP contribution in [0.2, 0.25) is 2.82 Å². The molecule has 0 spiro atoms. The van der Waals surface area contributed by atoms with Crippen LogP contribution in [0.5, 0.6) is 11.5 Å². The van der Waals surface area contributed by atoms with Gasteiger partial charge in [-0.3, -0.25) is 9.59 Å². The van der Waals surface area contributed by atoms with Gasteiger partial charge in [-0.05, 0) is 34.4 Å². The van der Waals surface area contributed by atoms with Crippen LogP contribution in [0.25, 0.3) is 22.5 Å². The molecule has 12 heteroatoms. The second kappa shape index (κ2) is 11.8. The number of hydrogen-bond acceptors (Lipinski definition) is 10. The van der Waals surface area contributed by atoms with Gasteiger partial charge in [0.1, 0.15) is 22.3 Å². The van der Waals surface area contributed by atoms with Crippen LogP contribution >= 0.6 is 0 Å². The van der Waals surface area contributed by atoms with Crippen LogP contribution in [0, 0.1) is 11.0 Å². The van der Waals surface area contributed by atoms with Crippen molar-refractivity contribution in [3.8, 4) is 22.6 Å². The molecule has 48 heavy (non-hydrogen) atoms. The molecule has 12 nitrogen and oxygen atoms in total. The molecule has 0 saturated heterocycles. The van der Waals surface area contributed by atoms with Crippen LogP contribution in [0.4, 0.5) is 0 Å². The Kier molecular flexibility index (Phi) is 7.17. The Hall–Kier alpha value is -6.30. The summed E-state index contributed by atoms with van der Waals surface area (Å²) < 4.78 is 26.3. The van der Waals surface area contributed by atoms with E-state index in [1.54, 1.807) is 84.9 Å². The molecule has 2 aliphatic rings. The normalized spacial score (nSPS) is 21.0. The van der Waals surface area contributed by atoms with Crippen molar-refractivity contribution in [3.05, 3.63) is 130 Å². The van der Waals surface area contributed by atoms with E-state index in [4.69, 9.17) is 23.8 Å². The topological polar surface area (TPSA) is 218 Å². The van der Waals surface area contributed by atoms with Gasteiger partial charge in [0, 0.05) is 35.1 Å². The van der Waals surface area contributed by atoms with E-state index < -0.39 is 22.8 Å². The van der Waals surface area contributed by atoms with Gasteiger partial charge in [0.15, 0.2) is 0 Å². The molecule has 0 heterocycles. The summed E-state index contributed by atoms with van der Waals surface area (Å²) in [6, 6.07) is 23.9. The highest BCUT2D eigenvalue weighted by Crippen LogP contribution is 2.52. The van der Waals surface area contributed by atoms with E-state index in [1.807, 2.05) is 0 Å². The van der Waals surface area contributed by atoms with Crippen LogP contribution in [0.15, 0.2) is 107 Å². The van der Waals surface area contributed by atoms with Crippen molar-refractivity contribution in [1.82, 2.24) is 0 Å². The van der Waals surface area contributed by atoms with E-state index in [-0.39, 0.29) is 47.1 Å². The van der Waals surface area contributed by atoms with Gasteiger partial charge in [0.05, 0.1) is 37.0 Å². The molecule has 0 bridgehead atoms. The molecule has 0 aliphatic heterocycles. The molecule has 6 rings (SSSR count). The second-order valence-electron chi connectivity index (χ2n) is 11.6. The Bertz CT molecular complexity index is 2030. The number of nitrogens with one attached hydrogen (secondary N) is 2. The van der Waals surface area contributed by atoms with Gasteiger partial charge in [0.2, 0.25) is 2.82 Å². The highest BCUT2D eigenvalue weighted by atomic mass is 16.5. The Morgan fingerprint density at radius 2 is 1.08 bits per heavy atom. The molecule has 0 aromatic heterocycles. The molecule has 2 unspecified atom stereocenters. The van der Waals surface area contributed by atoms with E-state index in [0.29, 0.717) is 44.5 Å². The molecule has 8 N–H and O–H groups in total. The number of nitrogens with zero attached hydrogens (tertiary/aromatic N) is 2. The van der Waals surface area contributed by atoms with E-state index in [9.17, 15) is 19.8 Å². The zero-order chi connectivity index (χ0) is 35.8. The van der Waals surface area contributed by atoms with Crippen molar-refractivity contribution < 1.29 is 32.1 Å². The molecule has 2 aliphatic carbocycles. The lowest BCUT2D eigenvalue weighted by molar-refractivity contribution is -0.143. The maximum Gasteiger partial charge on any atom is 0.319 e. The summed E-state index contributed by atoms with van der Waals surface area (Å²) in [4.78, 5) is 26.6. The fraction of sp³-hybridized carbons (Fsp3) is 0.167. The van der Waals surface area contributed by atoms with Gasteiger partial charge in [0.25, 0.3) is 0 Å². The third-order valence-electron chi connectivity index (χ3n) is 9.47. The molecule has 0 fully saturated rings. The minimum atomic E-state index is -1.68. The lowest BCUT2D eigenvalue weighted by Crippen LogP contribution is -2.41.